The van der Waals surface area contributed by atoms with E-state index in [2.05, 4.69) is 0 Å². The first-order valence-corrected chi connectivity index (χ1v) is 4.70. The summed E-state index contributed by atoms with van der Waals surface area (Å²) >= 11 is 0. The number of aliphatic hydroxyl groups is 1. The maximum atomic E-state index is 9.91. The van der Waals surface area contributed by atoms with Crippen LogP contribution in [0.15, 0.2) is 28.9 Å². The lowest BCUT2D eigenvalue weighted by Crippen LogP contribution is -2.14. The molecule has 74 valence electrons. The minimum atomic E-state index is -0.848. The number of rotatable bonds is 1. The first-order chi connectivity index (χ1) is 6.50. The number of fused-ring (bicyclic) bond motifs is 1. The van der Waals surface area contributed by atoms with Crippen molar-refractivity contribution in [2.45, 2.75) is 26.4 Å². The highest BCUT2D eigenvalue weighted by Crippen LogP contribution is 2.31. The van der Waals surface area contributed by atoms with Gasteiger partial charge in [0.1, 0.15) is 5.58 Å². The zero-order valence-corrected chi connectivity index (χ0v) is 8.66. The summed E-state index contributed by atoms with van der Waals surface area (Å²) in [6.45, 7) is 5.53. The van der Waals surface area contributed by atoms with Crippen LogP contribution in [0, 0.1) is 6.92 Å². The van der Waals surface area contributed by atoms with E-state index < -0.39 is 5.60 Å². The number of benzene rings is 1. The molecule has 2 aromatic rings. The molecule has 0 aliphatic heterocycles. The van der Waals surface area contributed by atoms with E-state index in [0.29, 0.717) is 0 Å². The molecule has 0 saturated heterocycles. The van der Waals surface area contributed by atoms with E-state index in [1.807, 2.05) is 25.1 Å². The Labute approximate surface area is 83.2 Å². The SMILES string of the molecule is Cc1cccc2c(C(C)(C)O)coc12. The normalized spacial score (nSPS) is 12.3. The summed E-state index contributed by atoms with van der Waals surface area (Å²) in [5, 5.41) is 10.9. The largest absolute Gasteiger partial charge is 0.464 e. The molecule has 0 amide bonds. The summed E-state index contributed by atoms with van der Waals surface area (Å²) < 4.78 is 5.45. The van der Waals surface area contributed by atoms with Gasteiger partial charge in [0.15, 0.2) is 0 Å². The van der Waals surface area contributed by atoms with E-state index in [9.17, 15) is 5.11 Å². The molecule has 0 spiro atoms. The third-order valence-corrected chi connectivity index (χ3v) is 2.46. The molecule has 0 radical (unpaired) electrons. The van der Waals surface area contributed by atoms with Crippen LogP contribution in [0.25, 0.3) is 11.0 Å². The van der Waals surface area contributed by atoms with Crippen LogP contribution in [0.3, 0.4) is 0 Å². The number of para-hydroxylation sites is 1. The van der Waals surface area contributed by atoms with Gasteiger partial charge in [-0.2, -0.15) is 0 Å². The third kappa shape index (κ3) is 1.32. The number of aryl methyl sites for hydroxylation is 1. The molecular formula is C12H14O2. The van der Waals surface area contributed by atoms with E-state index in [1.165, 1.54) is 0 Å². The average molecular weight is 190 g/mol. The Bertz CT molecular complexity index is 461. The second-order valence-electron chi connectivity index (χ2n) is 4.16. The molecule has 0 unspecified atom stereocenters. The quantitative estimate of drug-likeness (QED) is 0.750. The summed E-state index contributed by atoms with van der Waals surface area (Å²) in [4.78, 5) is 0. The van der Waals surface area contributed by atoms with Gasteiger partial charge in [-0.1, -0.05) is 18.2 Å². The highest BCUT2D eigenvalue weighted by molar-refractivity contribution is 5.84. The summed E-state index contributed by atoms with van der Waals surface area (Å²) in [6.07, 6.45) is 1.64. The molecule has 2 heteroatoms. The Kier molecular flexibility index (Phi) is 1.89. The van der Waals surface area contributed by atoms with Gasteiger partial charge >= 0.3 is 0 Å². The maximum absolute atomic E-state index is 9.91. The Hall–Kier alpha value is -1.28. The fourth-order valence-electron chi connectivity index (χ4n) is 1.68. The summed E-state index contributed by atoms with van der Waals surface area (Å²) in [6, 6.07) is 5.95. The first-order valence-electron chi connectivity index (χ1n) is 4.70. The van der Waals surface area contributed by atoms with Crippen molar-refractivity contribution in [2.24, 2.45) is 0 Å². The van der Waals surface area contributed by atoms with Crippen molar-refractivity contribution in [3.8, 4) is 0 Å². The second-order valence-corrected chi connectivity index (χ2v) is 4.16. The molecule has 1 heterocycles. The highest BCUT2D eigenvalue weighted by Gasteiger charge is 2.21. The van der Waals surface area contributed by atoms with Crippen molar-refractivity contribution in [1.82, 2.24) is 0 Å². The van der Waals surface area contributed by atoms with Crippen LogP contribution in [-0.2, 0) is 5.60 Å². The van der Waals surface area contributed by atoms with Gasteiger partial charge in [0.25, 0.3) is 0 Å². The zero-order valence-electron chi connectivity index (χ0n) is 8.66. The average Bonchev–Trinajstić information content (AvgIpc) is 2.47. The lowest BCUT2D eigenvalue weighted by atomic mass is 9.97. The highest BCUT2D eigenvalue weighted by atomic mass is 16.3. The minimum Gasteiger partial charge on any atom is -0.464 e. The topological polar surface area (TPSA) is 33.4 Å². The first kappa shape index (κ1) is 9.28. The van der Waals surface area contributed by atoms with Gasteiger partial charge in [-0.15, -0.1) is 0 Å². The molecule has 1 aromatic heterocycles. The number of hydrogen-bond donors (Lipinski definition) is 1. The van der Waals surface area contributed by atoms with E-state index in [0.717, 1.165) is 22.1 Å². The number of furan rings is 1. The summed E-state index contributed by atoms with van der Waals surface area (Å²) in [5.74, 6) is 0. The van der Waals surface area contributed by atoms with Crippen LogP contribution in [0.5, 0.6) is 0 Å². The van der Waals surface area contributed by atoms with Gasteiger partial charge in [-0.25, -0.2) is 0 Å². The van der Waals surface area contributed by atoms with Crippen LogP contribution in [0.1, 0.15) is 25.0 Å². The van der Waals surface area contributed by atoms with Crippen molar-refractivity contribution >= 4 is 11.0 Å². The van der Waals surface area contributed by atoms with E-state index in [4.69, 9.17) is 4.42 Å². The molecule has 1 N–H and O–H groups in total. The fourth-order valence-corrected chi connectivity index (χ4v) is 1.68. The lowest BCUT2D eigenvalue weighted by Gasteiger charge is -2.15. The summed E-state index contributed by atoms with van der Waals surface area (Å²) in [7, 11) is 0. The van der Waals surface area contributed by atoms with E-state index in [1.54, 1.807) is 20.1 Å². The van der Waals surface area contributed by atoms with Crippen molar-refractivity contribution in [3.05, 3.63) is 35.6 Å². The Morgan fingerprint density at radius 3 is 2.64 bits per heavy atom. The second kappa shape index (κ2) is 2.85. The maximum Gasteiger partial charge on any atom is 0.137 e. The van der Waals surface area contributed by atoms with Crippen molar-refractivity contribution < 1.29 is 9.52 Å². The molecule has 0 bridgehead atoms. The summed E-state index contributed by atoms with van der Waals surface area (Å²) in [5.41, 5.74) is 1.96. The van der Waals surface area contributed by atoms with Crippen LogP contribution in [0.4, 0.5) is 0 Å². The van der Waals surface area contributed by atoms with Crippen molar-refractivity contribution in [1.29, 1.82) is 0 Å². The predicted molar refractivity (Wildman–Crippen MR) is 56.2 cm³/mol. The molecule has 0 fully saturated rings. The molecule has 14 heavy (non-hydrogen) atoms. The molecule has 2 rings (SSSR count). The standard InChI is InChI=1S/C12H14O2/c1-8-5-4-6-9-10(12(2,3)13)7-14-11(8)9/h4-7,13H,1-3H3. The van der Waals surface area contributed by atoms with Crippen LogP contribution >= 0.6 is 0 Å². The molecular weight excluding hydrogens is 176 g/mol. The lowest BCUT2D eigenvalue weighted by molar-refractivity contribution is 0.0792. The van der Waals surface area contributed by atoms with E-state index in [-0.39, 0.29) is 0 Å². The van der Waals surface area contributed by atoms with Gasteiger partial charge in [0, 0.05) is 10.9 Å². The molecule has 0 aliphatic carbocycles. The zero-order chi connectivity index (χ0) is 10.3. The monoisotopic (exact) mass is 190 g/mol. The van der Waals surface area contributed by atoms with Gasteiger partial charge in [0.05, 0.1) is 11.9 Å². The molecule has 0 saturated carbocycles. The van der Waals surface area contributed by atoms with Gasteiger partial charge in [0.2, 0.25) is 0 Å². The molecule has 0 atom stereocenters. The Morgan fingerprint density at radius 2 is 2.00 bits per heavy atom. The Balaban J connectivity index is 2.76. The van der Waals surface area contributed by atoms with Crippen molar-refractivity contribution in [3.63, 3.8) is 0 Å². The minimum absolute atomic E-state index is 0.844. The van der Waals surface area contributed by atoms with E-state index >= 15 is 0 Å². The van der Waals surface area contributed by atoms with Crippen molar-refractivity contribution in [2.75, 3.05) is 0 Å². The van der Waals surface area contributed by atoms with Crippen LogP contribution in [-0.4, -0.2) is 5.11 Å². The smallest absolute Gasteiger partial charge is 0.137 e. The number of hydrogen-bond acceptors (Lipinski definition) is 2. The predicted octanol–water partition coefficient (Wildman–Crippen LogP) is 2.97. The Morgan fingerprint density at radius 1 is 1.29 bits per heavy atom. The van der Waals surface area contributed by atoms with Crippen LogP contribution in [0.2, 0.25) is 0 Å². The van der Waals surface area contributed by atoms with Gasteiger partial charge < -0.3 is 9.52 Å². The van der Waals surface area contributed by atoms with Gasteiger partial charge in [-0.3, -0.25) is 0 Å². The molecule has 2 nitrogen and oxygen atoms in total. The molecule has 0 aliphatic rings. The van der Waals surface area contributed by atoms with Crippen LogP contribution < -0.4 is 0 Å². The molecule has 1 aromatic carbocycles. The fraction of sp³-hybridized carbons (Fsp3) is 0.333. The van der Waals surface area contributed by atoms with Gasteiger partial charge in [-0.05, 0) is 26.3 Å². The third-order valence-electron chi connectivity index (χ3n) is 2.46.